The summed E-state index contributed by atoms with van der Waals surface area (Å²) in [7, 11) is 0. The van der Waals surface area contributed by atoms with Crippen LogP contribution in [0.1, 0.15) is 10.4 Å². The highest BCUT2D eigenvalue weighted by Crippen LogP contribution is 2.34. The molecule has 0 radical (unpaired) electrons. The van der Waals surface area contributed by atoms with Gasteiger partial charge in [0.1, 0.15) is 5.70 Å². The Balaban J connectivity index is 2.41. The van der Waals surface area contributed by atoms with E-state index in [9.17, 15) is 27.6 Å². The number of carbonyl (C=O) groups excluding carboxylic acids is 2. The van der Waals surface area contributed by atoms with Crippen molar-refractivity contribution in [3.05, 3.63) is 35.5 Å². The van der Waals surface area contributed by atoms with E-state index in [-0.39, 0.29) is 6.54 Å². The first-order chi connectivity index (χ1) is 11.6. The lowest BCUT2D eigenvalue weighted by atomic mass is 10.1. The second-order valence-corrected chi connectivity index (χ2v) is 4.73. The average Bonchev–Trinajstić information content (AvgIpc) is 2.75. The maximum absolute atomic E-state index is 12.5. The van der Waals surface area contributed by atoms with Crippen LogP contribution >= 0.6 is 0 Å². The Morgan fingerprint density at radius 3 is 2.52 bits per heavy atom. The molecule has 0 aromatic heterocycles. The second kappa shape index (κ2) is 6.81. The van der Waals surface area contributed by atoms with Gasteiger partial charge in [0, 0.05) is 6.08 Å². The van der Waals surface area contributed by atoms with Crippen LogP contribution in [0, 0.1) is 0 Å². The minimum atomic E-state index is -5.10. The predicted octanol–water partition coefficient (Wildman–Crippen LogP) is 0.940. The van der Waals surface area contributed by atoms with Crippen molar-refractivity contribution in [1.29, 1.82) is 0 Å². The van der Waals surface area contributed by atoms with E-state index in [0.29, 0.717) is 4.90 Å². The van der Waals surface area contributed by atoms with Crippen molar-refractivity contribution in [3.63, 3.8) is 0 Å². The van der Waals surface area contributed by atoms with Crippen LogP contribution in [0.5, 0.6) is 5.75 Å². The number of carbonyl (C=O) groups is 3. The lowest BCUT2D eigenvalue weighted by molar-refractivity contribution is -0.274. The van der Waals surface area contributed by atoms with Crippen molar-refractivity contribution in [2.75, 3.05) is 18.5 Å². The van der Waals surface area contributed by atoms with E-state index in [1.54, 1.807) is 0 Å². The van der Waals surface area contributed by atoms with E-state index in [4.69, 9.17) is 10.2 Å². The number of nitrogens with one attached hydrogen (secondary N) is 1. The molecule has 0 saturated carbocycles. The number of para-hydroxylation sites is 1. The summed E-state index contributed by atoms with van der Waals surface area (Å²) in [6, 6.07) is 2.89. The third-order valence-electron chi connectivity index (χ3n) is 3.07. The average molecular weight is 360 g/mol. The van der Waals surface area contributed by atoms with Crippen LogP contribution in [0.4, 0.5) is 18.9 Å². The Hall–Kier alpha value is -3.08. The van der Waals surface area contributed by atoms with Gasteiger partial charge in [-0.05, 0) is 12.1 Å². The van der Waals surface area contributed by atoms with Gasteiger partial charge in [-0.25, -0.2) is 4.79 Å². The summed E-state index contributed by atoms with van der Waals surface area (Å²) in [4.78, 5) is 35.6. The van der Waals surface area contributed by atoms with Gasteiger partial charge in [-0.2, -0.15) is 0 Å². The maximum Gasteiger partial charge on any atom is 0.573 e. The lowest BCUT2D eigenvalue weighted by Gasteiger charge is -2.17. The largest absolute Gasteiger partial charge is 0.573 e. The zero-order chi connectivity index (χ0) is 18.8. The Morgan fingerprint density at radius 1 is 1.28 bits per heavy atom. The first-order valence-electron chi connectivity index (χ1n) is 6.71. The van der Waals surface area contributed by atoms with Gasteiger partial charge in [0.15, 0.2) is 5.75 Å². The molecule has 2 rings (SSSR count). The van der Waals surface area contributed by atoms with E-state index >= 15 is 0 Å². The van der Waals surface area contributed by atoms with Crippen LogP contribution in [-0.2, 0) is 9.59 Å². The van der Waals surface area contributed by atoms with Gasteiger partial charge in [-0.3, -0.25) is 14.5 Å². The number of carboxylic acid groups (broad SMARTS) is 1. The molecular formula is C14H11F3N2O6. The van der Waals surface area contributed by atoms with E-state index in [0.717, 1.165) is 24.3 Å². The molecule has 0 atom stereocenters. The third kappa shape index (κ3) is 4.07. The van der Waals surface area contributed by atoms with E-state index in [1.807, 2.05) is 0 Å². The van der Waals surface area contributed by atoms with Gasteiger partial charge < -0.3 is 20.3 Å². The molecule has 11 heteroatoms. The molecule has 25 heavy (non-hydrogen) atoms. The number of alkyl halides is 3. The number of β-amino-alcohol motifs (C(OH)–C–C–N with tert-alkyl or cyclic N) is 1. The van der Waals surface area contributed by atoms with Crippen LogP contribution < -0.4 is 10.1 Å². The first-order valence-corrected chi connectivity index (χ1v) is 6.71. The summed E-state index contributed by atoms with van der Waals surface area (Å²) >= 11 is 0. The number of nitrogens with zero attached hydrogens (tertiary/aromatic N) is 1. The molecule has 0 bridgehead atoms. The van der Waals surface area contributed by atoms with Crippen LogP contribution in [0.2, 0.25) is 0 Å². The normalized spacial score (nSPS) is 14.6. The third-order valence-corrected chi connectivity index (χ3v) is 3.07. The lowest BCUT2D eigenvalue weighted by Crippen LogP contribution is -2.34. The van der Waals surface area contributed by atoms with Crippen molar-refractivity contribution in [3.8, 4) is 5.75 Å². The van der Waals surface area contributed by atoms with Crippen LogP contribution in [-0.4, -0.2) is 52.4 Å². The monoisotopic (exact) mass is 360 g/mol. The number of carboxylic acids is 1. The minimum Gasteiger partial charge on any atom is -0.478 e. The number of hydrogen-bond acceptors (Lipinski definition) is 6. The number of aliphatic hydroxyl groups is 1. The van der Waals surface area contributed by atoms with Gasteiger partial charge in [-0.15, -0.1) is 13.2 Å². The molecule has 1 aliphatic heterocycles. The molecule has 3 N–H and O–H groups in total. The molecule has 1 aromatic carbocycles. The number of aromatic carboxylic acids is 1. The van der Waals surface area contributed by atoms with Crippen LogP contribution in [0.25, 0.3) is 0 Å². The molecule has 0 fully saturated rings. The standard InChI is InChI=1S/C14H11F3N2O6/c15-14(16,17)25-9-3-1-2-7(13(23)24)11(9)18-8-6-10(21)19(4-5-20)12(8)22/h1-3,6,18,20H,4-5H2,(H,23,24). The molecule has 2 amide bonds. The van der Waals surface area contributed by atoms with Gasteiger partial charge in [0.2, 0.25) is 0 Å². The highest BCUT2D eigenvalue weighted by atomic mass is 19.4. The molecule has 8 nitrogen and oxygen atoms in total. The van der Waals surface area contributed by atoms with Crippen molar-refractivity contribution < 1.29 is 42.5 Å². The van der Waals surface area contributed by atoms with E-state index in [2.05, 4.69) is 10.1 Å². The molecule has 134 valence electrons. The number of ether oxygens (including phenoxy) is 1. The van der Waals surface area contributed by atoms with Gasteiger partial charge in [-0.1, -0.05) is 6.07 Å². The summed E-state index contributed by atoms with van der Waals surface area (Å²) in [6.07, 6.45) is -4.31. The number of imide groups is 1. The molecule has 1 aromatic rings. The molecule has 1 heterocycles. The fourth-order valence-corrected chi connectivity index (χ4v) is 2.09. The Morgan fingerprint density at radius 2 is 1.96 bits per heavy atom. The summed E-state index contributed by atoms with van der Waals surface area (Å²) < 4.78 is 41.3. The van der Waals surface area contributed by atoms with E-state index in [1.165, 1.54) is 0 Å². The SMILES string of the molecule is O=C(O)c1cccc(OC(F)(F)F)c1NC1=CC(=O)N(CCO)C1=O. The van der Waals surface area contributed by atoms with Crippen LogP contribution in [0.3, 0.4) is 0 Å². The van der Waals surface area contributed by atoms with Gasteiger partial charge >= 0.3 is 12.3 Å². The predicted molar refractivity (Wildman–Crippen MR) is 75.6 cm³/mol. The number of aliphatic hydroxyl groups excluding tert-OH is 1. The number of hydrogen-bond donors (Lipinski definition) is 3. The quantitative estimate of drug-likeness (QED) is 0.647. The molecular weight excluding hydrogens is 349 g/mol. The van der Waals surface area contributed by atoms with Crippen molar-refractivity contribution >= 4 is 23.5 Å². The molecule has 0 aliphatic carbocycles. The highest BCUT2D eigenvalue weighted by molar-refractivity contribution is 6.18. The van der Waals surface area contributed by atoms with E-state index < -0.39 is 53.5 Å². The number of halogens is 3. The minimum absolute atomic E-state index is 0.314. The molecule has 1 aliphatic rings. The zero-order valence-corrected chi connectivity index (χ0v) is 12.3. The first kappa shape index (κ1) is 18.3. The number of amides is 2. The highest BCUT2D eigenvalue weighted by Gasteiger charge is 2.35. The van der Waals surface area contributed by atoms with Crippen molar-refractivity contribution in [2.45, 2.75) is 6.36 Å². The molecule has 0 spiro atoms. The van der Waals surface area contributed by atoms with Gasteiger partial charge in [0.05, 0.1) is 24.4 Å². The number of benzene rings is 1. The molecule has 0 saturated heterocycles. The van der Waals surface area contributed by atoms with Crippen molar-refractivity contribution in [2.24, 2.45) is 0 Å². The second-order valence-electron chi connectivity index (χ2n) is 4.73. The maximum atomic E-state index is 12.5. The van der Waals surface area contributed by atoms with Crippen molar-refractivity contribution in [1.82, 2.24) is 4.90 Å². The summed E-state index contributed by atoms with van der Waals surface area (Å²) in [5.41, 5.74) is -1.67. The fourth-order valence-electron chi connectivity index (χ4n) is 2.09. The Bertz CT molecular complexity index is 759. The number of rotatable bonds is 6. The van der Waals surface area contributed by atoms with Gasteiger partial charge in [0.25, 0.3) is 11.8 Å². The summed E-state index contributed by atoms with van der Waals surface area (Å²) in [6.45, 7) is -0.821. The Kier molecular flexibility index (Phi) is 4.97. The van der Waals surface area contributed by atoms with Crippen LogP contribution in [0.15, 0.2) is 30.0 Å². The number of anilines is 1. The molecule has 0 unspecified atom stereocenters. The smallest absolute Gasteiger partial charge is 0.478 e. The zero-order valence-electron chi connectivity index (χ0n) is 12.3. The topological polar surface area (TPSA) is 116 Å². The summed E-state index contributed by atoms with van der Waals surface area (Å²) in [5, 5.41) is 20.2. The Labute approximate surface area is 138 Å². The fraction of sp³-hybridized carbons (Fsp3) is 0.214. The summed E-state index contributed by atoms with van der Waals surface area (Å²) in [5.74, 6) is -4.17.